The second-order valence-corrected chi connectivity index (χ2v) is 4.86. The molecule has 0 saturated carbocycles. The summed E-state index contributed by atoms with van der Waals surface area (Å²) < 4.78 is 5.29. The molecule has 1 aliphatic rings. The van der Waals surface area contributed by atoms with Crippen molar-refractivity contribution >= 4 is 0 Å². The number of methoxy groups -OCH3 is 1. The highest BCUT2D eigenvalue weighted by atomic mass is 16.5. The molecule has 3 nitrogen and oxygen atoms in total. The van der Waals surface area contributed by atoms with Crippen LogP contribution in [0.15, 0.2) is 6.07 Å². The summed E-state index contributed by atoms with van der Waals surface area (Å²) >= 11 is 0. The van der Waals surface area contributed by atoms with Crippen LogP contribution >= 0.6 is 0 Å². The van der Waals surface area contributed by atoms with Crippen molar-refractivity contribution in [3.8, 4) is 11.5 Å². The van der Waals surface area contributed by atoms with Crippen molar-refractivity contribution in [1.82, 2.24) is 5.32 Å². The van der Waals surface area contributed by atoms with Gasteiger partial charge in [0, 0.05) is 6.04 Å². The Kier molecular flexibility index (Phi) is 3.57. The molecule has 0 bridgehead atoms. The van der Waals surface area contributed by atoms with Crippen molar-refractivity contribution in [2.75, 3.05) is 13.7 Å². The molecule has 0 amide bonds. The predicted octanol–water partition coefficient (Wildman–Crippen LogP) is 2.31. The molecule has 1 aromatic carbocycles. The maximum Gasteiger partial charge on any atom is 0.163 e. The molecule has 1 unspecified atom stereocenters. The zero-order valence-corrected chi connectivity index (χ0v) is 10.8. The Balaban J connectivity index is 2.30. The van der Waals surface area contributed by atoms with Crippen LogP contribution in [0.1, 0.15) is 29.5 Å². The van der Waals surface area contributed by atoms with Gasteiger partial charge in [0.2, 0.25) is 0 Å². The van der Waals surface area contributed by atoms with Crippen molar-refractivity contribution in [2.45, 2.75) is 39.2 Å². The van der Waals surface area contributed by atoms with Gasteiger partial charge in [0.05, 0.1) is 7.11 Å². The van der Waals surface area contributed by atoms with Crippen molar-refractivity contribution in [3.05, 3.63) is 22.8 Å². The minimum atomic E-state index is 0.310. The van der Waals surface area contributed by atoms with Crippen molar-refractivity contribution < 1.29 is 9.84 Å². The summed E-state index contributed by atoms with van der Waals surface area (Å²) in [6.07, 6.45) is 3.30. The Bertz CT molecular complexity index is 409. The van der Waals surface area contributed by atoms with Gasteiger partial charge in [-0.15, -0.1) is 0 Å². The predicted molar refractivity (Wildman–Crippen MR) is 68.9 cm³/mol. The largest absolute Gasteiger partial charge is 0.504 e. The van der Waals surface area contributed by atoms with E-state index >= 15 is 0 Å². The molecular weight excluding hydrogens is 214 g/mol. The van der Waals surface area contributed by atoms with Crippen molar-refractivity contribution in [3.63, 3.8) is 0 Å². The van der Waals surface area contributed by atoms with Gasteiger partial charge < -0.3 is 15.2 Å². The zero-order chi connectivity index (χ0) is 12.4. The molecule has 94 valence electrons. The van der Waals surface area contributed by atoms with E-state index in [1.807, 2.05) is 6.92 Å². The molecule has 0 radical (unpaired) electrons. The molecule has 17 heavy (non-hydrogen) atoms. The average Bonchev–Trinajstić information content (AvgIpc) is 2.79. The Morgan fingerprint density at radius 2 is 2.24 bits per heavy atom. The number of nitrogens with one attached hydrogen (secondary N) is 1. The second kappa shape index (κ2) is 4.96. The van der Waals surface area contributed by atoms with E-state index in [0.29, 0.717) is 17.5 Å². The molecule has 3 heteroatoms. The van der Waals surface area contributed by atoms with Crippen LogP contribution in [0, 0.1) is 13.8 Å². The lowest BCUT2D eigenvalue weighted by molar-refractivity contribution is 0.366. The molecule has 0 aliphatic carbocycles. The average molecular weight is 235 g/mol. The molecule has 2 rings (SSSR count). The third kappa shape index (κ3) is 2.39. The molecular formula is C14H21NO2. The molecule has 2 N–H and O–H groups in total. The lowest BCUT2D eigenvalue weighted by atomic mass is 9.98. The summed E-state index contributed by atoms with van der Waals surface area (Å²) in [5.41, 5.74) is 3.19. The fraction of sp³-hybridized carbons (Fsp3) is 0.571. The Labute approximate surface area is 103 Å². The van der Waals surface area contributed by atoms with Gasteiger partial charge in [-0.3, -0.25) is 0 Å². The Hall–Kier alpha value is -1.22. The van der Waals surface area contributed by atoms with Crippen LogP contribution in [0.3, 0.4) is 0 Å². The van der Waals surface area contributed by atoms with Crippen LogP contribution in [-0.2, 0) is 6.42 Å². The van der Waals surface area contributed by atoms with Crippen LogP contribution in [0.4, 0.5) is 0 Å². The third-order valence-corrected chi connectivity index (χ3v) is 3.67. The van der Waals surface area contributed by atoms with E-state index in [9.17, 15) is 5.11 Å². The maximum absolute atomic E-state index is 10.2. The lowest BCUT2D eigenvalue weighted by Crippen LogP contribution is -2.23. The van der Waals surface area contributed by atoms with E-state index in [2.05, 4.69) is 18.3 Å². The number of benzene rings is 1. The number of phenolic OH excluding ortho intramolecular Hbond substituents is 1. The van der Waals surface area contributed by atoms with Gasteiger partial charge >= 0.3 is 0 Å². The van der Waals surface area contributed by atoms with E-state index < -0.39 is 0 Å². The summed E-state index contributed by atoms with van der Waals surface area (Å²) in [4.78, 5) is 0. The molecule has 1 heterocycles. The third-order valence-electron chi connectivity index (χ3n) is 3.67. The number of hydrogen-bond donors (Lipinski definition) is 2. The molecule has 1 saturated heterocycles. The number of ether oxygens (including phenoxy) is 1. The second-order valence-electron chi connectivity index (χ2n) is 4.86. The number of aromatic hydroxyl groups is 1. The van der Waals surface area contributed by atoms with E-state index in [1.54, 1.807) is 7.11 Å². The highest BCUT2D eigenvalue weighted by molar-refractivity contribution is 5.54. The minimum Gasteiger partial charge on any atom is -0.504 e. The van der Waals surface area contributed by atoms with E-state index in [4.69, 9.17) is 4.74 Å². The summed E-state index contributed by atoms with van der Waals surface area (Å²) in [6, 6.07) is 2.57. The Morgan fingerprint density at radius 3 is 2.82 bits per heavy atom. The van der Waals surface area contributed by atoms with Gasteiger partial charge in [-0.1, -0.05) is 6.07 Å². The highest BCUT2D eigenvalue weighted by Crippen LogP contribution is 2.36. The highest BCUT2D eigenvalue weighted by Gasteiger charge is 2.19. The fourth-order valence-electron chi connectivity index (χ4n) is 2.54. The maximum atomic E-state index is 10.2. The number of phenols is 1. The summed E-state index contributed by atoms with van der Waals surface area (Å²) in [5, 5.41) is 13.7. The Morgan fingerprint density at radius 1 is 1.47 bits per heavy atom. The van der Waals surface area contributed by atoms with Crippen LogP contribution < -0.4 is 10.1 Å². The molecule has 0 spiro atoms. The van der Waals surface area contributed by atoms with E-state index in [0.717, 1.165) is 24.1 Å². The number of rotatable bonds is 3. The normalized spacial score (nSPS) is 19.6. The summed E-state index contributed by atoms with van der Waals surface area (Å²) in [7, 11) is 1.61. The topological polar surface area (TPSA) is 41.5 Å². The minimum absolute atomic E-state index is 0.310. The monoisotopic (exact) mass is 235 g/mol. The van der Waals surface area contributed by atoms with Crippen molar-refractivity contribution in [1.29, 1.82) is 0 Å². The number of hydrogen-bond acceptors (Lipinski definition) is 3. The first-order chi connectivity index (χ1) is 8.13. The zero-order valence-electron chi connectivity index (χ0n) is 10.8. The molecule has 1 atom stereocenters. The molecule has 1 aliphatic heterocycles. The van der Waals surface area contributed by atoms with Gasteiger partial charge in [-0.2, -0.15) is 0 Å². The first-order valence-corrected chi connectivity index (χ1v) is 6.23. The van der Waals surface area contributed by atoms with Crippen LogP contribution in [-0.4, -0.2) is 24.8 Å². The van der Waals surface area contributed by atoms with Gasteiger partial charge in [0.25, 0.3) is 0 Å². The quantitative estimate of drug-likeness (QED) is 0.844. The summed E-state index contributed by atoms with van der Waals surface area (Å²) in [5.74, 6) is 0.933. The standard InChI is InChI=1S/C14H21NO2/c1-9-7-11(8-12-5-4-6-15-12)13(16)14(17-3)10(9)2/h7,12,15-16H,4-6,8H2,1-3H3. The molecule has 1 fully saturated rings. The van der Waals surface area contributed by atoms with Crippen LogP contribution in [0.25, 0.3) is 0 Å². The van der Waals surface area contributed by atoms with Crippen LogP contribution in [0.2, 0.25) is 0 Å². The first kappa shape index (κ1) is 12.2. The lowest BCUT2D eigenvalue weighted by Gasteiger charge is -2.16. The molecule has 0 aromatic heterocycles. The van der Waals surface area contributed by atoms with Gasteiger partial charge in [-0.25, -0.2) is 0 Å². The van der Waals surface area contributed by atoms with Gasteiger partial charge in [-0.05, 0) is 56.3 Å². The van der Waals surface area contributed by atoms with Gasteiger partial charge in [0.15, 0.2) is 11.5 Å². The fourth-order valence-corrected chi connectivity index (χ4v) is 2.54. The van der Waals surface area contributed by atoms with Gasteiger partial charge in [0.1, 0.15) is 0 Å². The first-order valence-electron chi connectivity index (χ1n) is 6.23. The molecule has 1 aromatic rings. The number of aryl methyl sites for hydroxylation is 1. The van der Waals surface area contributed by atoms with E-state index in [-0.39, 0.29) is 0 Å². The van der Waals surface area contributed by atoms with Crippen LogP contribution in [0.5, 0.6) is 11.5 Å². The smallest absolute Gasteiger partial charge is 0.163 e. The van der Waals surface area contributed by atoms with Crippen molar-refractivity contribution in [2.24, 2.45) is 0 Å². The van der Waals surface area contributed by atoms with E-state index in [1.165, 1.54) is 18.4 Å². The SMILES string of the molecule is COc1c(C)c(C)cc(CC2CCCN2)c1O. The summed E-state index contributed by atoms with van der Waals surface area (Å²) in [6.45, 7) is 5.13.